The van der Waals surface area contributed by atoms with E-state index in [1.165, 1.54) is 31.7 Å². The lowest BCUT2D eigenvalue weighted by molar-refractivity contribution is 0.299. The van der Waals surface area contributed by atoms with Crippen LogP contribution in [0.1, 0.15) is 57.1 Å². The standard InChI is InChI=1S/C23H29FN2O2/c1-3-14-13-26(17-8-9-17)20-18(22(14)27)10-19(24)21(23(20)28-2)25-11-15-6-4-5-7-16(15)12-25/h10,13,15-17H,3-9,11-12H2,1-2H3/t15-,16+. The van der Waals surface area contributed by atoms with Gasteiger partial charge in [-0.1, -0.05) is 19.8 Å². The van der Waals surface area contributed by atoms with Crippen molar-refractivity contribution in [2.24, 2.45) is 11.8 Å². The first-order chi connectivity index (χ1) is 13.6. The molecule has 0 radical (unpaired) electrons. The van der Waals surface area contributed by atoms with Gasteiger partial charge in [-0.2, -0.15) is 0 Å². The lowest BCUT2D eigenvalue weighted by atomic mass is 9.82. The van der Waals surface area contributed by atoms with Gasteiger partial charge < -0.3 is 14.2 Å². The zero-order valence-corrected chi connectivity index (χ0v) is 16.8. The van der Waals surface area contributed by atoms with Crippen LogP contribution in [0, 0.1) is 17.7 Å². The Bertz CT molecular complexity index is 965. The highest BCUT2D eigenvalue weighted by atomic mass is 19.1. The fourth-order valence-electron chi connectivity index (χ4n) is 5.47. The van der Waals surface area contributed by atoms with E-state index in [0.29, 0.717) is 41.1 Å². The molecule has 2 aromatic rings. The minimum Gasteiger partial charge on any atom is -0.492 e. The summed E-state index contributed by atoms with van der Waals surface area (Å²) in [6.45, 7) is 3.77. The van der Waals surface area contributed by atoms with E-state index in [2.05, 4.69) is 9.47 Å². The van der Waals surface area contributed by atoms with Gasteiger partial charge in [0.2, 0.25) is 0 Å². The minimum absolute atomic E-state index is 0.0618. The molecule has 150 valence electrons. The first-order valence-corrected chi connectivity index (χ1v) is 10.8. The van der Waals surface area contributed by atoms with E-state index in [0.717, 1.165) is 37.0 Å². The van der Waals surface area contributed by atoms with Crippen LogP contribution in [0.4, 0.5) is 10.1 Å². The number of pyridine rings is 1. The predicted octanol–water partition coefficient (Wildman–Crippen LogP) is 4.67. The second-order valence-corrected chi connectivity index (χ2v) is 8.82. The molecule has 0 unspecified atom stereocenters. The molecule has 2 saturated carbocycles. The number of methoxy groups -OCH3 is 1. The molecule has 5 heteroatoms. The highest BCUT2D eigenvalue weighted by Crippen LogP contribution is 2.46. The Hall–Kier alpha value is -2.04. The van der Waals surface area contributed by atoms with Gasteiger partial charge in [-0.25, -0.2) is 4.39 Å². The molecule has 3 aliphatic rings. The third-order valence-corrected chi connectivity index (χ3v) is 7.09. The molecule has 0 N–H and O–H groups in total. The summed E-state index contributed by atoms with van der Waals surface area (Å²) < 4.78 is 23.4. The average molecular weight is 384 g/mol. The second kappa shape index (κ2) is 6.78. The number of hydrogen-bond donors (Lipinski definition) is 0. The highest BCUT2D eigenvalue weighted by Gasteiger charge is 2.37. The van der Waals surface area contributed by atoms with Gasteiger partial charge in [-0.05, 0) is 50.0 Å². The summed E-state index contributed by atoms with van der Waals surface area (Å²) in [6.07, 6.45) is 9.89. The maximum atomic E-state index is 15.4. The number of aryl methyl sites for hydroxylation is 1. The van der Waals surface area contributed by atoms with E-state index in [1.807, 2.05) is 13.1 Å². The maximum absolute atomic E-state index is 15.4. The lowest BCUT2D eigenvalue weighted by Gasteiger charge is -2.25. The van der Waals surface area contributed by atoms with Crippen LogP contribution >= 0.6 is 0 Å². The number of benzene rings is 1. The summed E-state index contributed by atoms with van der Waals surface area (Å²) in [6, 6.07) is 1.86. The van der Waals surface area contributed by atoms with Crippen molar-refractivity contribution >= 4 is 16.6 Å². The molecule has 1 aliphatic heterocycles. The van der Waals surface area contributed by atoms with Crippen molar-refractivity contribution in [3.8, 4) is 5.75 Å². The molecule has 4 nitrogen and oxygen atoms in total. The van der Waals surface area contributed by atoms with E-state index in [4.69, 9.17) is 4.74 Å². The third kappa shape index (κ3) is 2.73. The summed E-state index contributed by atoms with van der Waals surface area (Å²) in [5, 5.41) is 0.459. The van der Waals surface area contributed by atoms with Crippen LogP contribution in [-0.4, -0.2) is 24.8 Å². The Morgan fingerprint density at radius 3 is 2.39 bits per heavy atom. The first-order valence-electron chi connectivity index (χ1n) is 10.8. The predicted molar refractivity (Wildman–Crippen MR) is 110 cm³/mol. The van der Waals surface area contributed by atoms with Gasteiger partial charge in [0.15, 0.2) is 17.0 Å². The zero-order valence-electron chi connectivity index (χ0n) is 16.8. The number of aromatic nitrogens is 1. The van der Waals surface area contributed by atoms with Crippen LogP contribution in [0.15, 0.2) is 17.1 Å². The van der Waals surface area contributed by atoms with E-state index in [1.54, 1.807) is 7.11 Å². The summed E-state index contributed by atoms with van der Waals surface area (Å²) >= 11 is 0. The van der Waals surface area contributed by atoms with Gasteiger partial charge >= 0.3 is 0 Å². The Balaban J connectivity index is 1.71. The summed E-state index contributed by atoms with van der Waals surface area (Å²) in [7, 11) is 1.61. The van der Waals surface area contributed by atoms with Crippen molar-refractivity contribution in [2.45, 2.75) is 57.9 Å². The number of hydrogen-bond acceptors (Lipinski definition) is 3. The van der Waals surface area contributed by atoms with Crippen molar-refractivity contribution in [3.63, 3.8) is 0 Å². The van der Waals surface area contributed by atoms with E-state index in [9.17, 15) is 4.79 Å². The first kappa shape index (κ1) is 18.0. The van der Waals surface area contributed by atoms with Crippen LogP contribution in [0.5, 0.6) is 5.75 Å². The van der Waals surface area contributed by atoms with E-state index >= 15 is 4.39 Å². The monoisotopic (exact) mass is 384 g/mol. The van der Waals surface area contributed by atoms with Crippen molar-refractivity contribution in [1.29, 1.82) is 0 Å². The molecule has 28 heavy (non-hydrogen) atoms. The number of anilines is 1. The molecule has 1 aromatic heterocycles. The van der Waals surface area contributed by atoms with Crippen molar-refractivity contribution in [3.05, 3.63) is 33.9 Å². The summed E-state index contributed by atoms with van der Waals surface area (Å²) in [5.74, 6) is 1.53. The number of halogens is 1. The molecule has 2 heterocycles. The molecule has 1 saturated heterocycles. The van der Waals surface area contributed by atoms with Gasteiger partial charge in [-0.15, -0.1) is 0 Å². The van der Waals surface area contributed by atoms with Crippen LogP contribution < -0.4 is 15.1 Å². The molecule has 0 amide bonds. The number of fused-ring (bicyclic) bond motifs is 2. The zero-order chi connectivity index (χ0) is 19.4. The second-order valence-electron chi connectivity index (χ2n) is 8.82. The van der Waals surface area contributed by atoms with Gasteiger partial charge in [0.1, 0.15) is 5.69 Å². The Morgan fingerprint density at radius 1 is 1.14 bits per heavy atom. The maximum Gasteiger partial charge on any atom is 0.192 e. The van der Waals surface area contributed by atoms with Crippen molar-refractivity contribution in [2.75, 3.05) is 25.1 Å². The summed E-state index contributed by atoms with van der Waals surface area (Å²) in [4.78, 5) is 15.1. The Kier molecular flexibility index (Phi) is 4.37. The molecule has 0 spiro atoms. The quantitative estimate of drug-likeness (QED) is 0.768. The van der Waals surface area contributed by atoms with Crippen molar-refractivity contribution < 1.29 is 9.13 Å². The van der Waals surface area contributed by atoms with Gasteiger partial charge in [0.05, 0.1) is 18.0 Å². The minimum atomic E-state index is -0.323. The average Bonchev–Trinajstić information content (AvgIpc) is 3.46. The Labute approximate surface area is 165 Å². The molecule has 0 bridgehead atoms. The highest BCUT2D eigenvalue weighted by molar-refractivity contribution is 5.92. The van der Waals surface area contributed by atoms with E-state index in [-0.39, 0.29) is 11.2 Å². The lowest BCUT2D eigenvalue weighted by Crippen LogP contribution is -2.23. The molecule has 3 fully saturated rings. The fourth-order valence-corrected chi connectivity index (χ4v) is 5.47. The molecular weight excluding hydrogens is 355 g/mol. The molecule has 2 aliphatic carbocycles. The van der Waals surface area contributed by atoms with Crippen LogP contribution in [0.25, 0.3) is 10.9 Å². The molecular formula is C23H29FN2O2. The SMILES string of the molecule is CCc1cn(C2CC2)c2c(OC)c(N3C[C@H]4CCCC[C@H]4C3)c(F)cc2c1=O. The van der Waals surface area contributed by atoms with Crippen molar-refractivity contribution in [1.82, 2.24) is 4.57 Å². The van der Waals surface area contributed by atoms with Gasteiger partial charge in [-0.3, -0.25) is 4.79 Å². The van der Waals surface area contributed by atoms with Gasteiger partial charge in [0, 0.05) is 30.9 Å². The van der Waals surface area contributed by atoms with Gasteiger partial charge in [0.25, 0.3) is 0 Å². The fraction of sp³-hybridized carbons (Fsp3) is 0.609. The smallest absolute Gasteiger partial charge is 0.192 e. The van der Waals surface area contributed by atoms with E-state index < -0.39 is 0 Å². The number of rotatable bonds is 4. The number of ether oxygens (including phenoxy) is 1. The summed E-state index contributed by atoms with van der Waals surface area (Å²) in [5.41, 5.74) is 2.02. The van der Waals surface area contributed by atoms with Crippen LogP contribution in [0.3, 0.4) is 0 Å². The normalized spacial score (nSPS) is 24.6. The molecule has 1 aromatic carbocycles. The largest absolute Gasteiger partial charge is 0.492 e. The Morgan fingerprint density at radius 2 is 1.82 bits per heavy atom. The topological polar surface area (TPSA) is 34.5 Å². The third-order valence-electron chi connectivity index (χ3n) is 7.09. The van der Waals surface area contributed by atoms with Crippen LogP contribution in [0.2, 0.25) is 0 Å². The molecule has 5 rings (SSSR count). The number of nitrogens with zero attached hydrogens (tertiary/aromatic N) is 2. The van der Waals surface area contributed by atoms with Crippen LogP contribution in [-0.2, 0) is 6.42 Å². The molecule has 2 atom stereocenters.